The summed E-state index contributed by atoms with van der Waals surface area (Å²) in [5.41, 5.74) is 5.58. The highest BCUT2D eigenvalue weighted by Gasteiger charge is 2.26. The van der Waals surface area contributed by atoms with E-state index in [0.29, 0.717) is 5.92 Å². The van der Waals surface area contributed by atoms with E-state index < -0.39 is 0 Å². The maximum Gasteiger partial charge on any atom is 0.157 e. The number of anilines is 1. The zero-order valence-electron chi connectivity index (χ0n) is 8.57. The van der Waals surface area contributed by atoms with Crippen LogP contribution in [0.2, 0.25) is 0 Å². The summed E-state index contributed by atoms with van der Waals surface area (Å²) in [4.78, 5) is 4.42. The zero-order valence-corrected chi connectivity index (χ0v) is 8.57. The van der Waals surface area contributed by atoms with Crippen LogP contribution in [0, 0.1) is 6.92 Å². The summed E-state index contributed by atoms with van der Waals surface area (Å²) in [6, 6.07) is 3.93. The second-order valence-electron chi connectivity index (χ2n) is 4.04. The first kappa shape index (κ1) is 8.67. The number of fused-ring (bicyclic) bond motifs is 1. The van der Waals surface area contributed by atoms with Crippen molar-refractivity contribution in [1.82, 2.24) is 14.6 Å². The maximum absolute atomic E-state index is 5.45. The average Bonchev–Trinajstić information content (AvgIpc) is 2.98. The van der Waals surface area contributed by atoms with Crippen molar-refractivity contribution in [1.29, 1.82) is 0 Å². The van der Waals surface area contributed by atoms with Crippen molar-refractivity contribution in [2.45, 2.75) is 25.7 Å². The smallest absolute Gasteiger partial charge is 0.157 e. The molecule has 2 heterocycles. The first-order valence-corrected chi connectivity index (χ1v) is 5.12. The summed E-state index contributed by atoms with van der Waals surface area (Å²) < 4.78 is 1.76. The Balaban J connectivity index is 2.23. The summed E-state index contributed by atoms with van der Waals surface area (Å²) in [6.07, 6.45) is 2.49. The third-order valence-corrected chi connectivity index (χ3v) is 2.72. The highest BCUT2D eigenvalue weighted by Crippen LogP contribution is 2.39. The zero-order chi connectivity index (χ0) is 10.4. The van der Waals surface area contributed by atoms with E-state index in [1.165, 1.54) is 12.8 Å². The number of nitrogens with two attached hydrogens (primary N) is 1. The lowest BCUT2D eigenvalue weighted by Gasteiger charge is -2.03. The van der Waals surface area contributed by atoms with Crippen molar-refractivity contribution in [2.75, 3.05) is 5.43 Å². The lowest BCUT2D eigenvalue weighted by atomic mass is 10.3. The molecule has 0 amide bonds. The van der Waals surface area contributed by atoms with Crippen molar-refractivity contribution in [3.8, 4) is 0 Å². The molecule has 0 aliphatic heterocycles. The highest BCUT2D eigenvalue weighted by molar-refractivity contribution is 5.50. The van der Waals surface area contributed by atoms with E-state index in [9.17, 15) is 0 Å². The number of hydrazine groups is 1. The minimum absolute atomic E-state index is 0.637. The molecule has 78 valence electrons. The Morgan fingerprint density at radius 1 is 1.47 bits per heavy atom. The molecule has 1 fully saturated rings. The predicted molar refractivity (Wildman–Crippen MR) is 57.5 cm³/mol. The van der Waals surface area contributed by atoms with Gasteiger partial charge < -0.3 is 5.43 Å². The Morgan fingerprint density at radius 2 is 2.27 bits per heavy atom. The largest absolute Gasteiger partial charge is 0.308 e. The number of aromatic nitrogens is 3. The minimum Gasteiger partial charge on any atom is -0.308 e. The monoisotopic (exact) mass is 203 g/mol. The molecule has 0 radical (unpaired) electrons. The highest BCUT2D eigenvalue weighted by atomic mass is 15.4. The van der Waals surface area contributed by atoms with Gasteiger partial charge in [-0.3, -0.25) is 0 Å². The molecule has 1 aliphatic carbocycles. The van der Waals surface area contributed by atoms with Crippen LogP contribution in [0.3, 0.4) is 0 Å². The van der Waals surface area contributed by atoms with Gasteiger partial charge in [-0.15, -0.1) is 0 Å². The molecule has 15 heavy (non-hydrogen) atoms. The Kier molecular flexibility index (Phi) is 1.70. The van der Waals surface area contributed by atoms with Gasteiger partial charge in [0.25, 0.3) is 0 Å². The Labute approximate surface area is 87.3 Å². The van der Waals surface area contributed by atoms with Gasteiger partial charge in [-0.05, 0) is 19.8 Å². The second-order valence-corrected chi connectivity index (χ2v) is 4.04. The van der Waals surface area contributed by atoms with E-state index in [-0.39, 0.29) is 0 Å². The molecule has 1 saturated carbocycles. The van der Waals surface area contributed by atoms with Crippen LogP contribution < -0.4 is 11.3 Å². The summed E-state index contributed by atoms with van der Waals surface area (Å²) in [5.74, 6) is 6.87. The van der Waals surface area contributed by atoms with Gasteiger partial charge in [0.1, 0.15) is 5.82 Å². The number of nitrogens with zero attached hydrogens (tertiary/aromatic N) is 3. The van der Waals surface area contributed by atoms with Gasteiger partial charge in [0.05, 0.1) is 5.69 Å². The van der Waals surface area contributed by atoms with Crippen molar-refractivity contribution < 1.29 is 0 Å². The number of nitrogens with one attached hydrogen (secondary N) is 1. The van der Waals surface area contributed by atoms with Crippen LogP contribution in [-0.2, 0) is 0 Å². The van der Waals surface area contributed by atoms with Crippen LogP contribution in [0.4, 0.5) is 5.82 Å². The van der Waals surface area contributed by atoms with E-state index in [4.69, 9.17) is 5.84 Å². The molecule has 3 rings (SSSR count). The first-order chi connectivity index (χ1) is 7.28. The molecule has 0 saturated heterocycles. The lowest BCUT2D eigenvalue weighted by molar-refractivity contribution is 0.877. The Morgan fingerprint density at radius 3 is 2.93 bits per heavy atom. The molecule has 0 bridgehead atoms. The van der Waals surface area contributed by atoms with Gasteiger partial charge in [-0.2, -0.15) is 9.61 Å². The normalized spacial score (nSPS) is 15.9. The summed E-state index contributed by atoms with van der Waals surface area (Å²) in [5, 5.41) is 4.50. The SMILES string of the molecule is Cc1cc(NN)n2nc(C3CC3)cc2n1. The fourth-order valence-corrected chi connectivity index (χ4v) is 1.80. The molecule has 2 aromatic rings. The molecular formula is C10H13N5. The van der Waals surface area contributed by atoms with Crippen LogP contribution in [-0.4, -0.2) is 14.6 Å². The Hall–Kier alpha value is -1.62. The quantitative estimate of drug-likeness (QED) is 0.568. The van der Waals surface area contributed by atoms with E-state index in [0.717, 1.165) is 22.9 Å². The van der Waals surface area contributed by atoms with Gasteiger partial charge >= 0.3 is 0 Å². The Bertz CT molecular complexity index is 512. The summed E-state index contributed by atoms with van der Waals surface area (Å²) in [6.45, 7) is 1.95. The molecule has 1 aliphatic rings. The first-order valence-electron chi connectivity index (χ1n) is 5.12. The third-order valence-electron chi connectivity index (χ3n) is 2.72. The van der Waals surface area contributed by atoms with Gasteiger partial charge in [0.15, 0.2) is 5.65 Å². The fraction of sp³-hybridized carbons (Fsp3) is 0.400. The number of nitrogen functional groups attached to an aromatic ring is 1. The molecule has 0 atom stereocenters. The van der Waals surface area contributed by atoms with Gasteiger partial charge in [-0.1, -0.05) is 0 Å². The third kappa shape index (κ3) is 1.35. The molecule has 0 aromatic carbocycles. The van der Waals surface area contributed by atoms with E-state index in [2.05, 4.69) is 15.5 Å². The molecule has 5 nitrogen and oxygen atoms in total. The van der Waals surface area contributed by atoms with Crippen molar-refractivity contribution in [3.05, 3.63) is 23.5 Å². The molecular weight excluding hydrogens is 190 g/mol. The van der Waals surface area contributed by atoms with Crippen LogP contribution in [0.1, 0.15) is 30.1 Å². The molecule has 3 N–H and O–H groups in total. The van der Waals surface area contributed by atoms with E-state index in [1.54, 1.807) is 4.52 Å². The van der Waals surface area contributed by atoms with Crippen LogP contribution >= 0.6 is 0 Å². The summed E-state index contributed by atoms with van der Waals surface area (Å²) in [7, 11) is 0. The number of rotatable bonds is 2. The lowest BCUT2D eigenvalue weighted by Crippen LogP contribution is -2.12. The molecule has 2 aromatic heterocycles. The topological polar surface area (TPSA) is 68.2 Å². The van der Waals surface area contributed by atoms with Crippen LogP contribution in [0.5, 0.6) is 0 Å². The predicted octanol–water partition coefficient (Wildman–Crippen LogP) is 1.20. The van der Waals surface area contributed by atoms with Crippen molar-refractivity contribution in [3.63, 3.8) is 0 Å². The standard InChI is InChI=1S/C10H13N5/c1-6-4-10(13-11)15-9(12-6)5-8(14-15)7-2-3-7/h4-5,7,13H,2-3,11H2,1H3. The molecule has 5 heteroatoms. The fourth-order valence-electron chi connectivity index (χ4n) is 1.80. The van der Waals surface area contributed by atoms with E-state index >= 15 is 0 Å². The number of hydrogen-bond donors (Lipinski definition) is 2. The van der Waals surface area contributed by atoms with Gasteiger partial charge in [-0.25, -0.2) is 10.8 Å². The van der Waals surface area contributed by atoms with Crippen molar-refractivity contribution in [2.24, 2.45) is 5.84 Å². The minimum atomic E-state index is 0.637. The maximum atomic E-state index is 5.45. The van der Waals surface area contributed by atoms with Gasteiger partial charge in [0, 0.05) is 23.7 Å². The van der Waals surface area contributed by atoms with Crippen molar-refractivity contribution >= 4 is 11.5 Å². The number of hydrogen-bond acceptors (Lipinski definition) is 4. The molecule has 0 spiro atoms. The average molecular weight is 203 g/mol. The van der Waals surface area contributed by atoms with Crippen LogP contribution in [0.15, 0.2) is 12.1 Å². The van der Waals surface area contributed by atoms with Crippen LogP contribution in [0.25, 0.3) is 5.65 Å². The van der Waals surface area contributed by atoms with E-state index in [1.807, 2.05) is 19.1 Å². The summed E-state index contributed by atoms with van der Waals surface area (Å²) >= 11 is 0. The molecule has 0 unspecified atom stereocenters. The second kappa shape index (κ2) is 2.93. The number of aryl methyl sites for hydroxylation is 1. The van der Waals surface area contributed by atoms with Gasteiger partial charge in [0.2, 0.25) is 0 Å².